The molecule has 0 aliphatic rings. The molecule has 0 atom stereocenters. The zero-order valence-electron chi connectivity index (χ0n) is 12.6. The van der Waals surface area contributed by atoms with E-state index in [1.165, 1.54) is 0 Å². The van der Waals surface area contributed by atoms with Crippen molar-refractivity contribution in [1.82, 2.24) is 24.6 Å². The third-order valence-electron chi connectivity index (χ3n) is 0.908. The average molecular weight is 401 g/mol. The Bertz CT molecular complexity index is 199. The summed E-state index contributed by atoms with van der Waals surface area (Å²) in [6, 6.07) is 0. The first-order chi connectivity index (χ1) is 7.54. The zero-order chi connectivity index (χ0) is 14.5. The topological polar surface area (TPSA) is 312 Å². The first-order valence-corrected chi connectivity index (χ1v) is 5.79. The first-order valence-electron chi connectivity index (χ1n) is 4.56. The Morgan fingerprint density at radius 1 is 0.727 bits per heavy atom. The minimum atomic E-state index is -4.94. The van der Waals surface area contributed by atoms with Crippen molar-refractivity contribution in [2.45, 2.75) is 39.5 Å². The molecule has 0 aromatic carbocycles. The van der Waals surface area contributed by atoms with E-state index < -0.39 is 22.2 Å². The molecule has 14 heteroatoms. The predicted molar refractivity (Wildman–Crippen MR) is 59.9 cm³/mol. The van der Waals surface area contributed by atoms with Gasteiger partial charge < -0.3 is 44.4 Å². The molecule has 12 nitrogen and oxygen atoms in total. The van der Waals surface area contributed by atoms with Crippen molar-refractivity contribution in [3.63, 3.8) is 0 Å². The number of carbonyl (C=O) groups excluding carboxylic acids is 2. The third-order valence-corrected chi connectivity index (χ3v) is 0.908. The maximum atomic E-state index is 9.49. The van der Waals surface area contributed by atoms with Gasteiger partial charge in [0.25, 0.3) is 0 Å². The van der Waals surface area contributed by atoms with Gasteiger partial charge in [-0.05, 0) is 12.8 Å². The van der Waals surface area contributed by atoms with Crippen LogP contribution in [0.3, 0.4) is 0 Å². The Morgan fingerprint density at radius 3 is 0.864 bits per heavy atom. The minimum absolute atomic E-state index is 0. The summed E-state index contributed by atoms with van der Waals surface area (Å²) >= 11 is 0. The van der Waals surface area contributed by atoms with Crippen LogP contribution in [-0.2, 0) is 26.4 Å². The summed E-state index contributed by atoms with van der Waals surface area (Å²) in [7, 11) is -4.94. The number of rotatable bonds is 4. The number of aliphatic carboxylic acids is 2. The van der Waals surface area contributed by atoms with Gasteiger partial charge in [0.15, 0.2) is 0 Å². The maximum absolute atomic E-state index is 9.49. The van der Waals surface area contributed by atoms with E-state index in [0.29, 0.717) is 12.8 Å². The minimum Gasteiger partial charge on any atom is -0.550 e. The van der Waals surface area contributed by atoms with E-state index in [0.717, 1.165) is 0 Å². The SMILES string of the molecule is CCCC(=O)[O-].CCCC(=O)[O-].N.N.N.N.[Co+3].[O-][Cl+3]([O-])([O-])[O-]. The molecule has 22 heavy (non-hydrogen) atoms. The van der Waals surface area contributed by atoms with E-state index in [-0.39, 0.29) is 54.2 Å². The molecule has 142 valence electrons. The number of hydrogen-bond acceptors (Lipinski definition) is 12. The molecule has 0 radical (unpaired) electrons. The van der Waals surface area contributed by atoms with Crippen molar-refractivity contribution in [3.05, 3.63) is 0 Å². The van der Waals surface area contributed by atoms with Gasteiger partial charge in [-0.2, -0.15) is 0 Å². The Balaban J connectivity index is -0.0000000201. The van der Waals surface area contributed by atoms with Crippen LogP contribution in [0.4, 0.5) is 0 Å². The fraction of sp³-hybridized carbons (Fsp3) is 0.750. The molecular weight excluding hydrogens is 374 g/mol. The largest absolute Gasteiger partial charge is 3.00 e. The van der Waals surface area contributed by atoms with Crippen LogP contribution >= 0.6 is 0 Å². The average Bonchev–Trinajstić information content (AvgIpc) is 2.00. The Labute approximate surface area is 142 Å². The van der Waals surface area contributed by atoms with Crippen LogP contribution in [0.5, 0.6) is 0 Å². The Kier molecular flexibility index (Phi) is 73.0. The molecule has 0 aliphatic carbocycles. The molecular formula is C8H26ClCoN4O8. The molecule has 0 aromatic heterocycles. The summed E-state index contributed by atoms with van der Waals surface area (Å²) in [5.41, 5.74) is 0. The summed E-state index contributed by atoms with van der Waals surface area (Å²) in [6.07, 6.45) is 1.70. The van der Waals surface area contributed by atoms with Crippen LogP contribution in [0, 0.1) is 10.2 Å². The summed E-state index contributed by atoms with van der Waals surface area (Å²) in [6.45, 7) is 3.60. The van der Waals surface area contributed by atoms with Gasteiger partial charge in [-0.25, -0.2) is 18.6 Å². The molecule has 0 bridgehead atoms. The van der Waals surface area contributed by atoms with Gasteiger partial charge in [0.2, 0.25) is 0 Å². The second kappa shape index (κ2) is 32.4. The fourth-order valence-corrected chi connectivity index (χ4v) is 0.408. The monoisotopic (exact) mass is 400 g/mol. The maximum Gasteiger partial charge on any atom is 3.00 e. The van der Waals surface area contributed by atoms with E-state index >= 15 is 0 Å². The van der Waals surface area contributed by atoms with Crippen molar-refractivity contribution >= 4 is 11.9 Å². The van der Waals surface area contributed by atoms with Crippen LogP contribution in [0.1, 0.15) is 39.5 Å². The van der Waals surface area contributed by atoms with Crippen LogP contribution in [-0.4, -0.2) is 11.9 Å². The number of halogens is 1. The van der Waals surface area contributed by atoms with Gasteiger partial charge >= 0.3 is 16.8 Å². The third kappa shape index (κ3) is 224. The fourth-order valence-electron chi connectivity index (χ4n) is 0.408. The van der Waals surface area contributed by atoms with E-state index in [1.54, 1.807) is 13.8 Å². The molecule has 0 heterocycles. The molecule has 0 unspecified atom stereocenters. The van der Waals surface area contributed by atoms with Crippen LogP contribution in [0.15, 0.2) is 0 Å². The van der Waals surface area contributed by atoms with Gasteiger partial charge in [-0.3, -0.25) is 0 Å². The summed E-state index contributed by atoms with van der Waals surface area (Å²) in [5, 5.41) is 19.0. The molecule has 0 aliphatic heterocycles. The van der Waals surface area contributed by atoms with E-state index in [4.69, 9.17) is 18.6 Å². The molecule has 0 saturated heterocycles. The Hall–Kier alpha value is -0.584. The second-order valence-electron chi connectivity index (χ2n) is 2.62. The van der Waals surface area contributed by atoms with Crippen LogP contribution in [0.25, 0.3) is 0 Å². The van der Waals surface area contributed by atoms with Crippen molar-refractivity contribution in [3.8, 4) is 0 Å². The molecule has 0 fully saturated rings. The Morgan fingerprint density at radius 2 is 0.864 bits per heavy atom. The van der Waals surface area contributed by atoms with Crippen molar-refractivity contribution < 1.29 is 65.5 Å². The van der Waals surface area contributed by atoms with Gasteiger partial charge in [0, 0.05) is 11.9 Å². The molecule has 0 amide bonds. The number of hydrogen-bond donors (Lipinski definition) is 4. The molecule has 12 N–H and O–H groups in total. The van der Waals surface area contributed by atoms with Gasteiger partial charge in [-0.1, -0.05) is 26.7 Å². The van der Waals surface area contributed by atoms with Gasteiger partial charge in [0.05, 0.1) is 0 Å². The van der Waals surface area contributed by atoms with E-state index in [9.17, 15) is 19.8 Å². The summed E-state index contributed by atoms with van der Waals surface area (Å²) in [5.74, 6) is -1.92. The van der Waals surface area contributed by atoms with Gasteiger partial charge in [-0.15, -0.1) is 10.2 Å². The zero-order valence-corrected chi connectivity index (χ0v) is 14.4. The summed E-state index contributed by atoms with van der Waals surface area (Å²) in [4.78, 5) is 19.0. The van der Waals surface area contributed by atoms with Crippen LogP contribution < -0.4 is 53.5 Å². The first kappa shape index (κ1) is 49.6. The molecule has 0 spiro atoms. The second-order valence-corrected chi connectivity index (χ2v) is 3.38. The normalized spacial score (nSPS) is 7.18. The number of carbonyl (C=O) groups is 2. The molecule has 0 rings (SSSR count). The van der Waals surface area contributed by atoms with Crippen LogP contribution in [0.2, 0.25) is 0 Å². The quantitative estimate of drug-likeness (QED) is 0.344. The van der Waals surface area contributed by atoms with E-state index in [2.05, 4.69) is 0 Å². The number of carboxylic acids is 2. The van der Waals surface area contributed by atoms with Crippen molar-refractivity contribution in [2.24, 2.45) is 0 Å². The van der Waals surface area contributed by atoms with Crippen molar-refractivity contribution in [2.75, 3.05) is 0 Å². The number of carboxylic acid groups (broad SMARTS) is 2. The summed E-state index contributed by atoms with van der Waals surface area (Å²) < 4.78 is 34.0. The predicted octanol–water partition coefficient (Wildman–Crippen LogP) is -5.04. The smallest absolute Gasteiger partial charge is 0.550 e. The molecule has 0 aromatic rings. The molecule has 0 saturated carbocycles. The van der Waals surface area contributed by atoms with E-state index in [1.807, 2.05) is 0 Å². The van der Waals surface area contributed by atoms with Gasteiger partial charge in [0.1, 0.15) is 0 Å². The standard InChI is InChI=1S/2C4H8O2.ClHO4.Co.4H3N/c2*1-2-3-4(5)6;2-1(3,4)5;;;;;/h2*2-3H2,1H3,(H,5,6);(H,2,3,4,5);;4*1H3/q;;;+3;;;;/p-3. The van der Waals surface area contributed by atoms with Crippen molar-refractivity contribution in [1.29, 1.82) is 0 Å².